The second kappa shape index (κ2) is 4.49. The highest BCUT2D eigenvalue weighted by Gasteiger charge is 1.94. The molecule has 0 saturated heterocycles. The number of hydrogen-bond donors (Lipinski definition) is 1. The van der Waals surface area contributed by atoms with Crippen LogP contribution < -0.4 is 5.73 Å². The van der Waals surface area contributed by atoms with Crippen molar-refractivity contribution in [2.45, 2.75) is 6.92 Å². The van der Waals surface area contributed by atoms with Crippen LogP contribution in [0.1, 0.15) is 6.92 Å². The fraction of sp³-hybridized carbons (Fsp3) is 0.429. The molecule has 0 bridgehead atoms. The van der Waals surface area contributed by atoms with E-state index in [2.05, 4.69) is 4.99 Å². The van der Waals surface area contributed by atoms with Crippen molar-refractivity contribution in [3.8, 4) is 0 Å². The number of nitrogens with zero attached hydrogens (tertiary/aromatic N) is 2. The first-order chi connectivity index (χ1) is 5.07. The third-order valence-electron chi connectivity index (χ3n) is 1.05. The molecule has 0 radical (unpaired) electrons. The summed E-state index contributed by atoms with van der Waals surface area (Å²) in [5.41, 5.74) is 6.18. The number of carbonyl (C=O) groups is 1. The first kappa shape index (κ1) is 9.68. The van der Waals surface area contributed by atoms with Crippen LogP contribution in [0.25, 0.3) is 0 Å². The molecule has 1 amide bonds. The number of nitrogens with two attached hydrogens (primary N) is 1. The zero-order chi connectivity index (χ0) is 8.85. The molecule has 0 aliphatic carbocycles. The lowest BCUT2D eigenvalue weighted by Crippen LogP contribution is -2.15. The Morgan fingerprint density at radius 3 is 2.45 bits per heavy atom. The maximum absolute atomic E-state index is 9.90. The van der Waals surface area contributed by atoms with Gasteiger partial charge in [-0.05, 0) is 6.92 Å². The van der Waals surface area contributed by atoms with Crippen molar-refractivity contribution in [2.24, 2.45) is 10.7 Å². The molecule has 0 unspecified atom stereocenters. The second-order valence-corrected chi connectivity index (χ2v) is 2.40. The van der Waals surface area contributed by atoms with E-state index in [1.54, 1.807) is 13.1 Å². The summed E-state index contributed by atoms with van der Waals surface area (Å²) in [5, 5.41) is 0. The summed E-state index contributed by atoms with van der Waals surface area (Å²) in [6.45, 7) is 1.79. The van der Waals surface area contributed by atoms with Crippen molar-refractivity contribution in [2.75, 3.05) is 14.1 Å². The molecular formula is C7H13N3O. The molecule has 0 spiro atoms. The molecule has 4 nitrogen and oxygen atoms in total. The van der Waals surface area contributed by atoms with Gasteiger partial charge in [-0.3, -0.25) is 4.79 Å². The zero-order valence-corrected chi connectivity index (χ0v) is 7.03. The summed E-state index contributed by atoms with van der Waals surface area (Å²) in [4.78, 5) is 15.1. The van der Waals surface area contributed by atoms with Gasteiger partial charge in [0.05, 0.1) is 0 Å². The molecule has 0 aliphatic rings. The SMILES string of the molecule is C/C(=C/N(C)C)C(N)=NC=O. The van der Waals surface area contributed by atoms with E-state index in [9.17, 15) is 4.79 Å². The van der Waals surface area contributed by atoms with Crippen molar-refractivity contribution >= 4 is 12.2 Å². The molecule has 0 fully saturated rings. The lowest BCUT2D eigenvalue weighted by atomic mass is 10.3. The van der Waals surface area contributed by atoms with Gasteiger partial charge in [-0.1, -0.05) is 0 Å². The van der Waals surface area contributed by atoms with E-state index in [4.69, 9.17) is 5.73 Å². The number of carbonyl (C=O) groups excluding carboxylic acids is 1. The molecule has 0 aliphatic heterocycles. The van der Waals surface area contributed by atoms with Gasteiger partial charge in [-0.2, -0.15) is 4.99 Å². The fourth-order valence-corrected chi connectivity index (χ4v) is 0.612. The maximum atomic E-state index is 9.90. The van der Waals surface area contributed by atoms with Crippen LogP contribution in [0.4, 0.5) is 0 Å². The summed E-state index contributed by atoms with van der Waals surface area (Å²) in [5.74, 6) is 0.258. The predicted octanol–water partition coefficient (Wildman–Crippen LogP) is -0.0346. The van der Waals surface area contributed by atoms with Crippen LogP contribution in [0.15, 0.2) is 16.8 Å². The number of amides is 1. The molecule has 0 heterocycles. The molecule has 2 N–H and O–H groups in total. The molecule has 0 aromatic heterocycles. The molecule has 0 saturated carbocycles. The molecule has 62 valence electrons. The summed E-state index contributed by atoms with van der Waals surface area (Å²) < 4.78 is 0. The highest BCUT2D eigenvalue weighted by atomic mass is 16.1. The zero-order valence-electron chi connectivity index (χ0n) is 7.03. The minimum Gasteiger partial charge on any atom is -0.383 e. The highest BCUT2D eigenvalue weighted by molar-refractivity contribution is 5.99. The minimum absolute atomic E-state index is 0.258. The second-order valence-electron chi connectivity index (χ2n) is 2.40. The quantitative estimate of drug-likeness (QED) is 0.353. The van der Waals surface area contributed by atoms with E-state index < -0.39 is 0 Å². The number of aliphatic imine (C=N–C) groups is 1. The normalized spacial score (nSPS) is 13.0. The molecule has 11 heavy (non-hydrogen) atoms. The van der Waals surface area contributed by atoms with Crippen LogP contribution in [0.5, 0.6) is 0 Å². The number of amidine groups is 1. The van der Waals surface area contributed by atoms with Gasteiger partial charge in [-0.15, -0.1) is 0 Å². The Bertz CT molecular complexity index is 194. The average molecular weight is 155 g/mol. The van der Waals surface area contributed by atoms with Crippen LogP contribution in [-0.2, 0) is 4.79 Å². The minimum atomic E-state index is 0.258. The van der Waals surface area contributed by atoms with Gasteiger partial charge in [0.2, 0.25) is 6.41 Å². The number of rotatable bonds is 3. The Labute approximate surface area is 66.4 Å². The predicted molar refractivity (Wildman–Crippen MR) is 45.1 cm³/mol. The largest absolute Gasteiger partial charge is 0.383 e. The summed E-state index contributed by atoms with van der Waals surface area (Å²) >= 11 is 0. The molecule has 4 heteroatoms. The van der Waals surface area contributed by atoms with E-state index in [1.807, 2.05) is 19.0 Å². The Kier molecular flexibility index (Phi) is 3.95. The van der Waals surface area contributed by atoms with Crippen molar-refractivity contribution in [1.82, 2.24) is 4.90 Å². The van der Waals surface area contributed by atoms with Gasteiger partial charge >= 0.3 is 0 Å². The van der Waals surface area contributed by atoms with Crippen LogP contribution in [-0.4, -0.2) is 31.2 Å². The maximum Gasteiger partial charge on any atom is 0.234 e. The molecule has 0 atom stereocenters. The Hall–Kier alpha value is -1.32. The van der Waals surface area contributed by atoms with E-state index in [0.717, 1.165) is 5.57 Å². The van der Waals surface area contributed by atoms with E-state index in [0.29, 0.717) is 6.41 Å². The highest BCUT2D eigenvalue weighted by Crippen LogP contribution is 1.92. The Morgan fingerprint density at radius 2 is 2.09 bits per heavy atom. The van der Waals surface area contributed by atoms with Crippen molar-refractivity contribution in [3.63, 3.8) is 0 Å². The van der Waals surface area contributed by atoms with E-state index >= 15 is 0 Å². The Morgan fingerprint density at radius 1 is 1.55 bits per heavy atom. The van der Waals surface area contributed by atoms with Crippen LogP contribution >= 0.6 is 0 Å². The monoisotopic (exact) mass is 155 g/mol. The topological polar surface area (TPSA) is 58.7 Å². The summed E-state index contributed by atoms with van der Waals surface area (Å²) in [7, 11) is 3.75. The van der Waals surface area contributed by atoms with Crippen LogP contribution in [0, 0.1) is 0 Å². The molecule has 0 aromatic carbocycles. The van der Waals surface area contributed by atoms with Crippen molar-refractivity contribution in [3.05, 3.63) is 11.8 Å². The third-order valence-corrected chi connectivity index (χ3v) is 1.05. The fourth-order valence-electron chi connectivity index (χ4n) is 0.612. The number of hydrogen-bond acceptors (Lipinski definition) is 2. The van der Waals surface area contributed by atoms with Gasteiger partial charge < -0.3 is 10.6 Å². The lowest BCUT2D eigenvalue weighted by molar-refractivity contribution is -0.106. The average Bonchev–Trinajstić information content (AvgIpc) is 1.86. The Balaban J connectivity index is 4.34. The standard InChI is InChI=1S/C7H13N3O/c1-6(4-10(2)3)7(8)9-5-11/h4-5H,1-3H3,(H2,8,9,11)/b6-4-. The molecule has 0 rings (SSSR count). The molecular weight excluding hydrogens is 142 g/mol. The summed E-state index contributed by atoms with van der Waals surface area (Å²) in [6.07, 6.45) is 2.23. The van der Waals surface area contributed by atoms with E-state index in [1.165, 1.54) is 0 Å². The van der Waals surface area contributed by atoms with Crippen LogP contribution in [0.3, 0.4) is 0 Å². The van der Waals surface area contributed by atoms with Gasteiger partial charge in [0.25, 0.3) is 0 Å². The van der Waals surface area contributed by atoms with Crippen molar-refractivity contribution in [1.29, 1.82) is 0 Å². The van der Waals surface area contributed by atoms with Gasteiger partial charge in [0, 0.05) is 25.9 Å². The van der Waals surface area contributed by atoms with Gasteiger partial charge in [0.15, 0.2) is 0 Å². The third kappa shape index (κ3) is 4.13. The van der Waals surface area contributed by atoms with Crippen LogP contribution in [0.2, 0.25) is 0 Å². The smallest absolute Gasteiger partial charge is 0.234 e. The van der Waals surface area contributed by atoms with Gasteiger partial charge in [-0.25, -0.2) is 0 Å². The first-order valence-electron chi connectivity index (χ1n) is 3.20. The lowest BCUT2D eigenvalue weighted by Gasteiger charge is -2.06. The van der Waals surface area contributed by atoms with E-state index in [-0.39, 0.29) is 5.84 Å². The van der Waals surface area contributed by atoms with Gasteiger partial charge in [0.1, 0.15) is 5.84 Å². The van der Waals surface area contributed by atoms with Crippen molar-refractivity contribution < 1.29 is 4.79 Å². The first-order valence-corrected chi connectivity index (χ1v) is 3.20. The summed E-state index contributed by atoms with van der Waals surface area (Å²) in [6, 6.07) is 0. The molecule has 0 aromatic rings.